The van der Waals surface area contributed by atoms with Crippen LogP contribution in [-0.4, -0.2) is 62.9 Å². The molecule has 1 aliphatic rings. The van der Waals surface area contributed by atoms with Crippen molar-refractivity contribution in [3.05, 3.63) is 38.7 Å². The number of nitrogens with one attached hydrogen (secondary N) is 2. The Bertz CT molecular complexity index is 1120. The molecule has 11 heteroatoms. The number of hydrogen-bond acceptors (Lipinski definition) is 6. The van der Waals surface area contributed by atoms with Crippen molar-refractivity contribution in [1.82, 2.24) is 29.7 Å². The lowest BCUT2D eigenvalue weighted by Gasteiger charge is -2.23. The largest absolute Gasteiger partial charge is 0.357 e. The van der Waals surface area contributed by atoms with E-state index in [1.807, 2.05) is 0 Å². The third kappa shape index (κ3) is 3.62. The molecule has 0 aromatic carbocycles. The Morgan fingerprint density at radius 2 is 1.90 bits per heavy atom. The number of aromatic nitrogens is 3. The van der Waals surface area contributed by atoms with Crippen LogP contribution >= 0.6 is 0 Å². The molecule has 0 spiro atoms. The highest BCUT2D eigenvalue weighted by Crippen LogP contribution is 2.17. The zero-order chi connectivity index (χ0) is 21.3. The number of hydrogen-bond donors (Lipinski definition) is 2. The summed E-state index contributed by atoms with van der Waals surface area (Å²) in [5.41, 5.74) is -1.02. The number of likely N-dealkylation sites (N-methyl/N-ethyl adjacent to an activating group) is 1. The second kappa shape index (κ2) is 7.86. The average Bonchev–Trinajstić information content (AvgIpc) is 3.23. The van der Waals surface area contributed by atoms with Gasteiger partial charge in [-0.1, -0.05) is 0 Å². The SMILES string of the molecule is CNC(=O)C1CCCN1C(=O)CNC(=O)c1ccc2c(=O)n(C)c(=O)n(C)c2n1. The maximum absolute atomic E-state index is 12.4. The summed E-state index contributed by atoms with van der Waals surface area (Å²) in [6.45, 7) is 0.161. The molecular formula is C18H22N6O5. The lowest BCUT2D eigenvalue weighted by Crippen LogP contribution is -2.48. The third-order valence-electron chi connectivity index (χ3n) is 5.06. The third-order valence-corrected chi connectivity index (χ3v) is 5.06. The fourth-order valence-corrected chi connectivity index (χ4v) is 3.43. The zero-order valence-electron chi connectivity index (χ0n) is 16.4. The van der Waals surface area contributed by atoms with E-state index in [1.54, 1.807) is 0 Å². The Balaban J connectivity index is 1.77. The second-order valence-corrected chi connectivity index (χ2v) is 6.82. The van der Waals surface area contributed by atoms with Crippen LogP contribution in [0.2, 0.25) is 0 Å². The fourth-order valence-electron chi connectivity index (χ4n) is 3.43. The fraction of sp³-hybridized carbons (Fsp3) is 0.444. The molecule has 3 heterocycles. The summed E-state index contributed by atoms with van der Waals surface area (Å²) in [6.07, 6.45) is 1.29. The van der Waals surface area contributed by atoms with E-state index in [4.69, 9.17) is 0 Å². The molecule has 0 saturated carbocycles. The zero-order valence-corrected chi connectivity index (χ0v) is 16.4. The lowest BCUT2D eigenvalue weighted by molar-refractivity contribution is -0.137. The minimum absolute atomic E-state index is 0.0298. The molecular weight excluding hydrogens is 380 g/mol. The summed E-state index contributed by atoms with van der Waals surface area (Å²) in [5, 5.41) is 5.22. The van der Waals surface area contributed by atoms with Crippen LogP contribution in [0, 0.1) is 0 Å². The van der Waals surface area contributed by atoms with Gasteiger partial charge in [0.2, 0.25) is 11.8 Å². The summed E-state index contributed by atoms with van der Waals surface area (Å²) in [6, 6.07) is 2.24. The molecule has 1 aliphatic heterocycles. The van der Waals surface area contributed by atoms with Crippen LogP contribution in [0.15, 0.2) is 21.7 Å². The van der Waals surface area contributed by atoms with Crippen LogP contribution in [0.1, 0.15) is 23.3 Å². The summed E-state index contributed by atoms with van der Waals surface area (Å²) >= 11 is 0. The van der Waals surface area contributed by atoms with E-state index in [0.29, 0.717) is 19.4 Å². The maximum Gasteiger partial charge on any atom is 0.332 e. The first-order chi connectivity index (χ1) is 13.8. The number of nitrogens with zero attached hydrogens (tertiary/aromatic N) is 4. The van der Waals surface area contributed by atoms with Gasteiger partial charge >= 0.3 is 5.69 Å². The van der Waals surface area contributed by atoms with Crippen molar-refractivity contribution in [2.75, 3.05) is 20.1 Å². The highest BCUT2D eigenvalue weighted by Gasteiger charge is 2.33. The van der Waals surface area contributed by atoms with Crippen molar-refractivity contribution in [3.8, 4) is 0 Å². The van der Waals surface area contributed by atoms with E-state index in [9.17, 15) is 24.0 Å². The lowest BCUT2D eigenvalue weighted by atomic mass is 10.2. The van der Waals surface area contributed by atoms with E-state index < -0.39 is 23.2 Å². The quantitative estimate of drug-likeness (QED) is 0.613. The van der Waals surface area contributed by atoms with Crippen LogP contribution in [0.25, 0.3) is 11.0 Å². The molecule has 2 N–H and O–H groups in total. The van der Waals surface area contributed by atoms with Gasteiger partial charge in [0.05, 0.1) is 11.9 Å². The Labute approximate surface area is 165 Å². The van der Waals surface area contributed by atoms with Crippen LogP contribution in [0.3, 0.4) is 0 Å². The van der Waals surface area contributed by atoms with E-state index >= 15 is 0 Å². The molecule has 0 bridgehead atoms. The Kier molecular flexibility index (Phi) is 5.48. The Hall–Kier alpha value is -3.50. The summed E-state index contributed by atoms with van der Waals surface area (Å²) < 4.78 is 2.14. The van der Waals surface area contributed by atoms with Crippen LogP contribution < -0.4 is 21.9 Å². The number of fused-ring (bicyclic) bond motifs is 1. The van der Waals surface area contributed by atoms with Gasteiger partial charge in [0.25, 0.3) is 11.5 Å². The first-order valence-corrected chi connectivity index (χ1v) is 9.12. The van der Waals surface area contributed by atoms with Crippen molar-refractivity contribution in [2.24, 2.45) is 14.1 Å². The number of likely N-dealkylation sites (tertiary alicyclic amines) is 1. The number of aryl methyl sites for hydroxylation is 1. The first kappa shape index (κ1) is 20.2. The van der Waals surface area contributed by atoms with Crippen molar-refractivity contribution in [2.45, 2.75) is 18.9 Å². The monoisotopic (exact) mass is 402 g/mol. The van der Waals surface area contributed by atoms with Gasteiger partial charge in [-0.2, -0.15) is 0 Å². The molecule has 0 radical (unpaired) electrons. The van der Waals surface area contributed by atoms with Gasteiger partial charge < -0.3 is 15.5 Å². The van der Waals surface area contributed by atoms with Gasteiger partial charge in [-0.15, -0.1) is 0 Å². The predicted octanol–water partition coefficient (Wildman–Crippen LogP) is -1.90. The van der Waals surface area contributed by atoms with Gasteiger partial charge in [0.15, 0.2) is 0 Å². The second-order valence-electron chi connectivity index (χ2n) is 6.82. The minimum Gasteiger partial charge on any atom is -0.357 e. The molecule has 11 nitrogen and oxygen atoms in total. The molecule has 1 fully saturated rings. The van der Waals surface area contributed by atoms with Gasteiger partial charge in [-0.3, -0.25) is 28.3 Å². The number of carbonyl (C=O) groups is 3. The summed E-state index contributed by atoms with van der Waals surface area (Å²) in [5.74, 6) is -1.23. The summed E-state index contributed by atoms with van der Waals surface area (Å²) in [7, 11) is 4.33. The highest BCUT2D eigenvalue weighted by molar-refractivity contribution is 5.97. The number of carbonyl (C=O) groups excluding carboxylic acids is 3. The smallest absolute Gasteiger partial charge is 0.332 e. The Morgan fingerprint density at radius 3 is 2.59 bits per heavy atom. The van der Waals surface area contributed by atoms with E-state index in [1.165, 1.54) is 42.7 Å². The molecule has 1 saturated heterocycles. The highest BCUT2D eigenvalue weighted by atomic mass is 16.2. The Morgan fingerprint density at radius 1 is 1.17 bits per heavy atom. The van der Waals surface area contributed by atoms with Crippen molar-refractivity contribution in [1.29, 1.82) is 0 Å². The van der Waals surface area contributed by atoms with Gasteiger partial charge in [0.1, 0.15) is 17.4 Å². The molecule has 29 heavy (non-hydrogen) atoms. The normalized spacial score (nSPS) is 16.1. The molecule has 3 amide bonds. The van der Waals surface area contributed by atoms with E-state index in [-0.39, 0.29) is 35.1 Å². The predicted molar refractivity (Wildman–Crippen MR) is 103 cm³/mol. The topological polar surface area (TPSA) is 135 Å². The van der Waals surface area contributed by atoms with Gasteiger partial charge in [0, 0.05) is 27.7 Å². The molecule has 2 aromatic rings. The van der Waals surface area contributed by atoms with Gasteiger partial charge in [-0.05, 0) is 25.0 Å². The maximum atomic E-state index is 12.4. The molecule has 0 aliphatic carbocycles. The average molecular weight is 402 g/mol. The van der Waals surface area contributed by atoms with Crippen LogP contribution in [0.4, 0.5) is 0 Å². The van der Waals surface area contributed by atoms with Crippen molar-refractivity contribution in [3.63, 3.8) is 0 Å². The molecule has 1 atom stereocenters. The van der Waals surface area contributed by atoms with E-state index in [2.05, 4.69) is 15.6 Å². The van der Waals surface area contributed by atoms with Crippen molar-refractivity contribution < 1.29 is 14.4 Å². The first-order valence-electron chi connectivity index (χ1n) is 9.12. The number of amides is 3. The van der Waals surface area contributed by atoms with Gasteiger partial charge in [-0.25, -0.2) is 9.78 Å². The van der Waals surface area contributed by atoms with Crippen LogP contribution in [0.5, 0.6) is 0 Å². The molecule has 1 unspecified atom stereocenters. The minimum atomic E-state index is -0.621. The summed E-state index contributed by atoms with van der Waals surface area (Å²) in [4.78, 5) is 66.5. The molecule has 2 aromatic heterocycles. The number of pyridine rings is 1. The molecule has 154 valence electrons. The van der Waals surface area contributed by atoms with Crippen molar-refractivity contribution >= 4 is 28.8 Å². The number of rotatable bonds is 4. The standard InChI is InChI=1S/C18H22N6O5/c1-19-16(27)12-5-4-8-24(12)13(25)9-20-15(26)11-7-6-10-14(21-11)22(2)18(29)23(3)17(10)28/h6-7,12H,4-5,8-9H2,1-3H3,(H,19,27)(H,20,26). The van der Waals surface area contributed by atoms with Crippen LogP contribution in [-0.2, 0) is 23.7 Å². The van der Waals surface area contributed by atoms with E-state index in [0.717, 1.165) is 4.57 Å². The molecule has 3 rings (SSSR count).